The second-order valence-corrected chi connectivity index (χ2v) is 5.44. The maximum absolute atomic E-state index is 11.2. The molecule has 1 aromatic rings. The molecule has 0 aromatic carbocycles. The van der Waals surface area contributed by atoms with Crippen molar-refractivity contribution >= 4 is 16.6 Å². The summed E-state index contributed by atoms with van der Waals surface area (Å²) in [7, 11) is 1.24. The van der Waals surface area contributed by atoms with Gasteiger partial charge in [0, 0.05) is 41.9 Å². The lowest BCUT2D eigenvalue weighted by atomic mass is 10.3. The van der Waals surface area contributed by atoms with Crippen molar-refractivity contribution < 1.29 is 4.21 Å². The van der Waals surface area contributed by atoms with Gasteiger partial charge in [0.1, 0.15) is 0 Å². The Bertz CT molecular complexity index is 358. The summed E-state index contributed by atoms with van der Waals surface area (Å²) in [5.41, 5.74) is 0.937. The minimum atomic E-state index is -0.642. The second kappa shape index (κ2) is 5.36. The molecule has 2 rings (SSSR count). The van der Waals surface area contributed by atoms with Crippen LogP contribution >= 0.6 is 0 Å². The highest BCUT2D eigenvalue weighted by Crippen LogP contribution is 2.12. The van der Waals surface area contributed by atoms with Gasteiger partial charge in [-0.1, -0.05) is 0 Å². The van der Waals surface area contributed by atoms with Crippen LogP contribution in [-0.4, -0.2) is 46.0 Å². The molecule has 0 saturated carbocycles. The molecule has 0 aliphatic carbocycles. The van der Waals surface area contributed by atoms with Crippen molar-refractivity contribution in [2.45, 2.75) is 6.54 Å². The summed E-state index contributed by atoms with van der Waals surface area (Å²) >= 11 is 0. The zero-order valence-corrected chi connectivity index (χ0v) is 10.2. The van der Waals surface area contributed by atoms with Gasteiger partial charge in [0.25, 0.3) is 0 Å². The SMILES string of the molecule is CNCc1ccc(N2CCS(=O)CC2)nn1. The van der Waals surface area contributed by atoms with Crippen LogP contribution in [0, 0.1) is 0 Å². The summed E-state index contributed by atoms with van der Waals surface area (Å²) in [5, 5.41) is 11.3. The lowest BCUT2D eigenvalue weighted by molar-refractivity contribution is 0.671. The normalized spacial score (nSPS) is 17.7. The van der Waals surface area contributed by atoms with E-state index in [4.69, 9.17) is 0 Å². The summed E-state index contributed by atoms with van der Waals surface area (Å²) in [6.07, 6.45) is 0. The predicted octanol–water partition coefficient (Wildman–Crippen LogP) is -0.235. The molecule has 1 aliphatic heterocycles. The van der Waals surface area contributed by atoms with E-state index in [1.807, 2.05) is 19.2 Å². The fourth-order valence-electron chi connectivity index (χ4n) is 1.66. The average molecular weight is 240 g/mol. The molecule has 1 N–H and O–H groups in total. The third kappa shape index (κ3) is 2.76. The van der Waals surface area contributed by atoms with Crippen molar-refractivity contribution in [3.63, 3.8) is 0 Å². The van der Waals surface area contributed by atoms with Crippen LogP contribution < -0.4 is 10.2 Å². The highest BCUT2D eigenvalue weighted by Gasteiger charge is 2.16. The summed E-state index contributed by atoms with van der Waals surface area (Å²) in [5.74, 6) is 2.36. The van der Waals surface area contributed by atoms with Crippen molar-refractivity contribution in [2.75, 3.05) is 36.5 Å². The van der Waals surface area contributed by atoms with Crippen molar-refractivity contribution in [1.82, 2.24) is 15.5 Å². The lowest BCUT2D eigenvalue weighted by Crippen LogP contribution is -2.38. The molecule has 0 amide bonds. The fraction of sp³-hybridized carbons (Fsp3) is 0.600. The Hall–Kier alpha value is -1.01. The van der Waals surface area contributed by atoms with Crippen LogP contribution in [0.15, 0.2) is 12.1 Å². The number of aromatic nitrogens is 2. The molecule has 2 heterocycles. The first kappa shape index (κ1) is 11.5. The molecule has 0 spiro atoms. The monoisotopic (exact) mass is 240 g/mol. The molecule has 16 heavy (non-hydrogen) atoms. The fourth-order valence-corrected chi connectivity index (χ4v) is 2.72. The molecule has 1 aliphatic rings. The first-order chi connectivity index (χ1) is 7.79. The molecule has 88 valence electrons. The second-order valence-electron chi connectivity index (χ2n) is 3.75. The van der Waals surface area contributed by atoms with Crippen LogP contribution in [0.3, 0.4) is 0 Å². The van der Waals surface area contributed by atoms with Crippen LogP contribution in [0.1, 0.15) is 5.69 Å². The molecule has 1 saturated heterocycles. The van der Waals surface area contributed by atoms with E-state index < -0.39 is 10.8 Å². The molecule has 1 aromatic heterocycles. The molecule has 6 heteroatoms. The van der Waals surface area contributed by atoms with Gasteiger partial charge in [-0.2, -0.15) is 5.10 Å². The number of hydrogen-bond acceptors (Lipinski definition) is 5. The Labute approximate surface area is 97.7 Å². The zero-order chi connectivity index (χ0) is 11.4. The quantitative estimate of drug-likeness (QED) is 0.790. The van der Waals surface area contributed by atoms with Crippen molar-refractivity contribution in [2.24, 2.45) is 0 Å². The van der Waals surface area contributed by atoms with Crippen LogP contribution in [-0.2, 0) is 17.3 Å². The molecule has 1 fully saturated rings. The summed E-state index contributed by atoms with van der Waals surface area (Å²) in [6.45, 7) is 2.36. The van der Waals surface area contributed by atoms with Crippen molar-refractivity contribution in [3.05, 3.63) is 17.8 Å². The molecule has 0 atom stereocenters. The van der Waals surface area contributed by atoms with E-state index in [2.05, 4.69) is 20.4 Å². The van der Waals surface area contributed by atoms with Crippen molar-refractivity contribution in [3.8, 4) is 0 Å². The van der Waals surface area contributed by atoms with E-state index >= 15 is 0 Å². The van der Waals surface area contributed by atoms with Gasteiger partial charge in [-0.05, 0) is 19.2 Å². The number of hydrogen-bond donors (Lipinski definition) is 1. The summed E-state index contributed by atoms with van der Waals surface area (Å²) in [6, 6.07) is 3.96. The van der Waals surface area contributed by atoms with Gasteiger partial charge in [0.05, 0.1) is 5.69 Å². The van der Waals surface area contributed by atoms with E-state index in [1.165, 1.54) is 0 Å². The molecular formula is C10H16N4OS. The minimum absolute atomic E-state index is 0.642. The van der Waals surface area contributed by atoms with E-state index in [9.17, 15) is 4.21 Å². The number of rotatable bonds is 3. The van der Waals surface area contributed by atoms with E-state index in [0.29, 0.717) is 0 Å². The van der Waals surface area contributed by atoms with Gasteiger partial charge >= 0.3 is 0 Å². The Balaban J connectivity index is 2.01. The van der Waals surface area contributed by atoms with Gasteiger partial charge < -0.3 is 10.2 Å². The summed E-state index contributed by atoms with van der Waals surface area (Å²) in [4.78, 5) is 2.14. The highest BCUT2D eigenvalue weighted by atomic mass is 32.2. The zero-order valence-electron chi connectivity index (χ0n) is 9.35. The molecule has 0 bridgehead atoms. The van der Waals surface area contributed by atoms with E-state index in [0.717, 1.165) is 42.7 Å². The topological polar surface area (TPSA) is 58.1 Å². The Morgan fingerprint density at radius 3 is 2.69 bits per heavy atom. The number of anilines is 1. The van der Waals surface area contributed by atoms with Crippen LogP contribution in [0.4, 0.5) is 5.82 Å². The third-order valence-electron chi connectivity index (χ3n) is 2.57. The van der Waals surface area contributed by atoms with Crippen LogP contribution in [0.2, 0.25) is 0 Å². The first-order valence-corrected chi connectivity index (χ1v) is 6.85. The number of nitrogens with one attached hydrogen (secondary N) is 1. The third-order valence-corrected chi connectivity index (χ3v) is 3.84. The predicted molar refractivity (Wildman–Crippen MR) is 64.9 cm³/mol. The number of nitrogens with zero attached hydrogens (tertiary/aromatic N) is 3. The maximum Gasteiger partial charge on any atom is 0.151 e. The van der Waals surface area contributed by atoms with E-state index in [1.54, 1.807) is 0 Å². The minimum Gasteiger partial charge on any atom is -0.353 e. The van der Waals surface area contributed by atoms with E-state index in [-0.39, 0.29) is 0 Å². The average Bonchev–Trinajstić information content (AvgIpc) is 2.32. The molecule has 0 radical (unpaired) electrons. The lowest BCUT2D eigenvalue weighted by Gasteiger charge is -2.26. The highest BCUT2D eigenvalue weighted by molar-refractivity contribution is 7.85. The smallest absolute Gasteiger partial charge is 0.151 e. The maximum atomic E-state index is 11.2. The Morgan fingerprint density at radius 2 is 2.12 bits per heavy atom. The van der Waals surface area contributed by atoms with Crippen LogP contribution in [0.5, 0.6) is 0 Å². The molecular weight excluding hydrogens is 224 g/mol. The Morgan fingerprint density at radius 1 is 1.38 bits per heavy atom. The van der Waals surface area contributed by atoms with Gasteiger partial charge in [0.15, 0.2) is 5.82 Å². The van der Waals surface area contributed by atoms with Crippen molar-refractivity contribution in [1.29, 1.82) is 0 Å². The Kier molecular flexibility index (Phi) is 3.84. The van der Waals surface area contributed by atoms with Gasteiger partial charge in [0.2, 0.25) is 0 Å². The molecule has 5 nitrogen and oxygen atoms in total. The largest absolute Gasteiger partial charge is 0.353 e. The standard InChI is InChI=1S/C10H16N4OS/c1-11-8-9-2-3-10(13-12-9)14-4-6-16(15)7-5-14/h2-3,11H,4-8H2,1H3. The van der Waals surface area contributed by atoms with Gasteiger partial charge in [-0.3, -0.25) is 4.21 Å². The van der Waals surface area contributed by atoms with Gasteiger partial charge in [-0.25, -0.2) is 0 Å². The molecule has 0 unspecified atom stereocenters. The van der Waals surface area contributed by atoms with Gasteiger partial charge in [-0.15, -0.1) is 5.10 Å². The van der Waals surface area contributed by atoms with Crippen LogP contribution in [0.25, 0.3) is 0 Å². The summed E-state index contributed by atoms with van der Waals surface area (Å²) < 4.78 is 11.2. The first-order valence-electron chi connectivity index (χ1n) is 5.37.